The number of fused-ring (bicyclic) bond motifs is 1. The van der Waals surface area contributed by atoms with E-state index in [2.05, 4.69) is 17.4 Å². The van der Waals surface area contributed by atoms with Crippen LogP contribution in [0.2, 0.25) is 0 Å². The molecule has 2 aliphatic rings. The van der Waals surface area contributed by atoms with Gasteiger partial charge in [-0.25, -0.2) is 0 Å². The number of ether oxygens (including phenoxy) is 1. The average Bonchev–Trinajstić information content (AvgIpc) is 3.47. The molecule has 1 aromatic carbocycles. The number of rotatable bonds is 6. The van der Waals surface area contributed by atoms with E-state index in [1.54, 1.807) is 4.90 Å². The van der Waals surface area contributed by atoms with Gasteiger partial charge in [-0.2, -0.15) is 0 Å². The van der Waals surface area contributed by atoms with Crippen LogP contribution in [0.15, 0.2) is 35.7 Å². The van der Waals surface area contributed by atoms with Gasteiger partial charge in [0.1, 0.15) is 0 Å². The van der Waals surface area contributed by atoms with Crippen molar-refractivity contribution in [3.63, 3.8) is 0 Å². The van der Waals surface area contributed by atoms with E-state index < -0.39 is 12.0 Å². The number of carbonyl (C=O) groups is 3. The fraction of sp³-hybridized carbons (Fsp3) is 0.409. The van der Waals surface area contributed by atoms with Crippen LogP contribution in [0.3, 0.4) is 0 Å². The van der Waals surface area contributed by atoms with Crippen LogP contribution in [0, 0.1) is 5.92 Å². The van der Waals surface area contributed by atoms with Crippen LogP contribution < -0.4 is 10.2 Å². The van der Waals surface area contributed by atoms with Gasteiger partial charge in [-0.15, -0.1) is 11.3 Å². The van der Waals surface area contributed by atoms with Gasteiger partial charge in [0.05, 0.1) is 25.5 Å². The van der Waals surface area contributed by atoms with Crippen molar-refractivity contribution in [2.75, 3.05) is 18.6 Å². The van der Waals surface area contributed by atoms with Crippen LogP contribution in [-0.2, 0) is 32.0 Å². The summed E-state index contributed by atoms with van der Waals surface area (Å²) in [5.41, 5.74) is 3.53. The van der Waals surface area contributed by atoms with Crippen molar-refractivity contribution in [2.24, 2.45) is 5.92 Å². The lowest BCUT2D eigenvalue weighted by atomic mass is 10.1. The fourth-order valence-electron chi connectivity index (χ4n) is 4.11. The van der Waals surface area contributed by atoms with Crippen molar-refractivity contribution < 1.29 is 19.1 Å². The first-order chi connectivity index (χ1) is 14.0. The number of amides is 2. The summed E-state index contributed by atoms with van der Waals surface area (Å²) in [7, 11) is 1.33. The molecule has 0 bridgehead atoms. The van der Waals surface area contributed by atoms with Crippen molar-refractivity contribution in [1.82, 2.24) is 5.32 Å². The third kappa shape index (κ3) is 4.19. The van der Waals surface area contributed by atoms with Gasteiger partial charge in [0.2, 0.25) is 11.8 Å². The molecular weight excluding hydrogens is 388 g/mol. The summed E-state index contributed by atoms with van der Waals surface area (Å²) in [6.07, 6.45) is 3.54. The van der Waals surface area contributed by atoms with Crippen LogP contribution in [0.5, 0.6) is 0 Å². The lowest BCUT2D eigenvalue weighted by molar-refractivity contribution is -0.141. The molecule has 1 saturated heterocycles. The third-order valence-electron chi connectivity index (χ3n) is 5.69. The highest BCUT2D eigenvalue weighted by atomic mass is 32.1. The molecule has 152 valence electrons. The maximum absolute atomic E-state index is 12.9. The Kier molecular flexibility index (Phi) is 5.67. The van der Waals surface area contributed by atoms with Crippen molar-refractivity contribution in [1.29, 1.82) is 0 Å². The Balaban J connectivity index is 1.45. The summed E-state index contributed by atoms with van der Waals surface area (Å²) in [6, 6.07) is 9.49. The normalized spacial score (nSPS) is 19.1. The molecule has 2 atom stereocenters. The Morgan fingerprint density at radius 1 is 1.28 bits per heavy atom. The predicted molar refractivity (Wildman–Crippen MR) is 111 cm³/mol. The van der Waals surface area contributed by atoms with Crippen molar-refractivity contribution in [2.45, 2.75) is 38.1 Å². The number of carbonyl (C=O) groups excluding carboxylic acids is 3. The number of hydrogen-bond donors (Lipinski definition) is 1. The molecule has 2 amide bonds. The molecule has 1 N–H and O–H groups in total. The zero-order chi connectivity index (χ0) is 20.4. The number of esters is 1. The van der Waals surface area contributed by atoms with E-state index in [-0.39, 0.29) is 30.6 Å². The fourth-order valence-corrected chi connectivity index (χ4v) is 4.89. The predicted octanol–water partition coefficient (Wildman–Crippen LogP) is 3.01. The largest absolute Gasteiger partial charge is 0.469 e. The number of benzene rings is 1. The summed E-state index contributed by atoms with van der Waals surface area (Å²) in [5.74, 6) is -1.06. The Hall–Kier alpha value is -2.67. The van der Waals surface area contributed by atoms with Gasteiger partial charge < -0.3 is 15.0 Å². The molecule has 0 unspecified atom stereocenters. The smallest absolute Gasteiger partial charge is 0.307 e. The highest BCUT2D eigenvalue weighted by Crippen LogP contribution is 2.31. The van der Waals surface area contributed by atoms with Crippen molar-refractivity contribution in [3.8, 4) is 0 Å². The van der Waals surface area contributed by atoms with Crippen LogP contribution in [0.25, 0.3) is 0 Å². The number of methoxy groups -OCH3 is 1. The molecule has 0 radical (unpaired) electrons. The van der Waals surface area contributed by atoms with E-state index >= 15 is 0 Å². The van der Waals surface area contributed by atoms with Gasteiger partial charge in [-0.1, -0.05) is 12.1 Å². The average molecular weight is 413 g/mol. The molecule has 2 heterocycles. The number of nitrogens with one attached hydrogen (secondary N) is 1. The minimum Gasteiger partial charge on any atom is -0.469 e. The van der Waals surface area contributed by atoms with Crippen LogP contribution in [0.1, 0.15) is 41.3 Å². The Labute approximate surface area is 173 Å². The quantitative estimate of drug-likeness (QED) is 0.740. The molecule has 0 spiro atoms. The molecule has 4 rings (SSSR count). The third-order valence-corrected chi connectivity index (χ3v) is 6.68. The van der Waals surface area contributed by atoms with E-state index in [0.717, 1.165) is 29.8 Å². The number of anilines is 1. The van der Waals surface area contributed by atoms with E-state index in [1.165, 1.54) is 29.6 Å². The van der Waals surface area contributed by atoms with E-state index in [9.17, 15) is 14.4 Å². The highest BCUT2D eigenvalue weighted by Gasteiger charge is 2.36. The summed E-state index contributed by atoms with van der Waals surface area (Å²) in [6.45, 7) is 0.360. The molecule has 1 aliphatic heterocycles. The van der Waals surface area contributed by atoms with Crippen molar-refractivity contribution in [3.05, 3.63) is 51.7 Å². The molecule has 0 saturated carbocycles. The van der Waals surface area contributed by atoms with Gasteiger partial charge in [0.25, 0.3) is 0 Å². The molecule has 7 heteroatoms. The first kappa shape index (κ1) is 19.6. The lowest BCUT2D eigenvalue weighted by Gasteiger charge is -2.20. The summed E-state index contributed by atoms with van der Waals surface area (Å²) >= 11 is 1.48. The Morgan fingerprint density at radius 3 is 2.86 bits per heavy atom. The molecule has 6 nitrogen and oxygen atoms in total. The van der Waals surface area contributed by atoms with Crippen LogP contribution >= 0.6 is 11.3 Å². The zero-order valence-electron chi connectivity index (χ0n) is 16.3. The number of hydrogen-bond acceptors (Lipinski definition) is 5. The highest BCUT2D eigenvalue weighted by molar-refractivity contribution is 7.10. The monoisotopic (exact) mass is 412 g/mol. The van der Waals surface area contributed by atoms with Gasteiger partial charge in [-0.3, -0.25) is 14.4 Å². The molecule has 29 heavy (non-hydrogen) atoms. The summed E-state index contributed by atoms with van der Waals surface area (Å²) in [4.78, 5) is 39.9. The van der Waals surface area contributed by atoms with Gasteiger partial charge in [0, 0.05) is 23.5 Å². The molecule has 1 aromatic heterocycles. The maximum Gasteiger partial charge on any atom is 0.307 e. The molecule has 2 aromatic rings. The Bertz CT molecular complexity index is 925. The van der Waals surface area contributed by atoms with Crippen LogP contribution in [0.4, 0.5) is 5.69 Å². The minimum atomic E-state index is -0.445. The second-order valence-corrected chi connectivity index (χ2v) is 8.55. The second-order valence-electron chi connectivity index (χ2n) is 7.57. The summed E-state index contributed by atoms with van der Waals surface area (Å²) < 4.78 is 4.77. The molecular formula is C22H24N2O4S. The first-order valence-electron chi connectivity index (χ1n) is 9.88. The number of nitrogens with zero attached hydrogens (tertiary/aromatic N) is 1. The van der Waals surface area contributed by atoms with Gasteiger partial charge in [0.15, 0.2) is 0 Å². The van der Waals surface area contributed by atoms with Gasteiger partial charge >= 0.3 is 5.97 Å². The number of thiophene rings is 1. The zero-order valence-corrected chi connectivity index (χ0v) is 17.2. The van der Waals surface area contributed by atoms with E-state index in [1.807, 2.05) is 23.6 Å². The van der Waals surface area contributed by atoms with E-state index in [0.29, 0.717) is 6.54 Å². The molecule has 1 aliphatic carbocycles. The molecule has 1 fully saturated rings. The van der Waals surface area contributed by atoms with Crippen LogP contribution in [-0.4, -0.2) is 31.4 Å². The minimum absolute atomic E-state index is 0.0382. The van der Waals surface area contributed by atoms with Gasteiger partial charge in [-0.05, 0) is 54.0 Å². The first-order valence-corrected chi connectivity index (χ1v) is 10.8. The summed E-state index contributed by atoms with van der Waals surface area (Å²) in [5, 5.41) is 4.86. The lowest BCUT2D eigenvalue weighted by Crippen LogP contribution is -2.36. The van der Waals surface area contributed by atoms with E-state index in [4.69, 9.17) is 4.74 Å². The maximum atomic E-state index is 12.9. The van der Waals surface area contributed by atoms with Crippen molar-refractivity contribution >= 4 is 34.8 Å². The Morgan fingerprint density at radius 2 is 2.10 bits per heavy atom. The number of aryl methyl sites for hydroxylation is 2. The standard InChI is InChI=1S/C22H24N2O4S/c1-28-21(26)12-18(19-6-3-9-29-19)23-22(27)16-11-20(25)24(13-16)17-8-7-14-4-2-5-15(14)10-17/h3,6-10,16,18H,2,4-5,11-13H2,1H3,(H,23,27)/t16-,18+/m1/s1. The second kappa shape index (κ2) is 8.37. The topological polar surface area (TPSA) is 75.7 Å². The SMILES string of the molecule is COC(=O)C[C@H](NC(=O)[C@@H]1CC(=O)N(c2ccc3c(c2)CCC3)C1)c1cccs1.